The summed E-state index contributed by atoms with van der Waals surface area (Å²) in [5.74, 6) is 0.0573. The van der Waals surface area contributed by atoms with Gasteiger partial charge in [-0.05, 0) is 43.5 Å². The molecular formula is C17H24ClN3O3. The summed E-state index contributed by atoms with van der Waals surface area (Å²) in [6.45, 7) is 2.78. The maximum atomic E-state index is 12.1. The van der Waals surface area contributed by atoms with Gasteiger partial charge in [0.2, 0.25) is 5.91 Å². The summed E-state index contributed by atoms with van der Waals surface area (Å²) < 4.78 is 5.38. The molecule has 0 aromatic heterocycles. The average Bonchev–Trinajstić information content (AvgIpc) is 3.25. The third kappa shape index (κ3) is 4.93. The molecule has 2 aliphatic heterocycles. The highest BCUT2D eigenvalue weighted by Gasteiger charge is 2.24. The Labute approximate surface area is 148 Å². The van der Waals surface area contributed by atoms with Gasteiger partial charge in [0.1, 0.15) is 6.10 Å². The number of rotatable bonds is 5. The van der Waals surface area contributed by atoms with Gasteiger partial charge in [-0.1, -0.05) is 12.1 Å². The van der Waals surface area contributed by atoms with E-state index in [9.17, 15) is 9.59 Å². The van der Waals surface area contributed by atoms with E-state index in [1.807, 2.05) is 24.3 Å². The molecule has 132 valence electrons. The fourth-order valence-corrected chi connectivity index (χ4v) is 2.98. The smallest absolute Gasteiger partial charge is 0.253 e. The van der Waals surface area contributed by atoms with Gasteiger partial charge in [-0.15, -0.1) is 12.4 Å². The van der Waals surface area contributed by atoms with E-state index in [1.54, 1.807) is 0 Å². The second-order valence-electron chi connectivity index (χ2n) is 6.10. The number of benzene rings is 1. The molecule has 1 aromatic rings. The first kappa shape index (κ1) is 18.7. The van der Waals surface area contributed by atoms with E-state index in [4.69, 9.17) is 4.74 Å². The van der Waals surface area contributed by atoms with E-state index in [-0.39, 0.29) is 36.2 Å². The molecule has 0 aliphatic carbocycles. The zero-order chi connectivity index (χ0) is 16.1. The molecule has 2 atom stereocenters. The van der Waals surface area contributed by atoms with E-state index in [2.05, 4.69) is 16.0 Å². The van der Waals surface area contributed by atoms with Crippen molar-refractivity contribution in [1.82, 2.24) is 10.6 Å². The summed E-state index contributed by atoms with van der Waals surface area (Å²) >= 11 is 0. The molecule has 6 nitrogen and oxygen atoms in total. The summed E-state index contributed by atoms with van der Waals surface area (Å²) in [6.07, 6.45) is 2.26. The Morgan fingerprint density at radius 2 is 2.12 bits per heavy atom. The third-order valence-corrected chi connectivity index (χ3v) is 4.31. The molecule has 2 heterocycles. The zero-order valence-corrected chi connectivity index (χ0v) is 14.4. The van der Waals surface area contributed by atoms with E-state index in [0.29, 0.717) is 13.2 Å². The summed E-state index contributed by atoms with van der Waals surface area (Å²) in [7, 11) is 0. The van der Waals surface area contributed by atoms with Crippen LogP contribution in [-0.4, -0.2) is 37.6 Å². The Hall–Kier alpha value is -1.63. The van der Waals surface area contributed by atoms with Gasteiger partial charge in [-0.3, -0.25) is 9.59 Å². The highest BCUT2D eigenvalue weighted by Crippen LogP contribution is 2.16. The largest absolute Gasteiger partial charge is 0.368 e. The van der Waals surface area contributed by atoms with Crippen molar-refractivity contribution in [1.29, 1.82) is 0 Å². The number of carbonyl (C=O) groups is 2. The Kier molecular flexibility index (Phi) is 7.02. The SMILES string of the molecule is Cl.O=C(NCc1cccc(NC(=O)C2CCCO2)c1)C1CCNC1. The molecule has 24 heavy (non-hydrogen) atoms. The molecular weight excluding hydrogens is 330 g/mol. The van der Waals surface area contributed by atoms with Crippen molar-refractivity contribution in [2.24, 2.45) is 5.92 Å². The Morgan fingerprint density at radius 3 is 2.83 bits per heavy atom. The van der Waals surface area contributed by atoms with Crippen LogP contribution in [0.25, 0.3) is 0 Å². The number of anilines is 1. The van der Waals surface area contributed by atoms with E-state index >= 15 is 0 Å². The predicted molar refractivity (Wildman–Crippen MR) is 94.1 cm³/mol. The highest BCUT2D eigenvalue weighted by molar-refractivity contribution is 5.94. The van der Waals surface area contributed by atoms with Crippen LogP contribution in [0.4, 0.5) is 5.69 Å². The lowest BCUT2D eigenvalue weighted by molar-refractivity contribution is -0.125. The molecule has 2 saturated heterocycles. The van der Waals surface area contributed by atoms with Crippen LogP contribution in [0.2, 0.25) is 0 Å². The molecule has 2 amide bonds. The van der Waals surface area contributed by atoms with Crippen LogP contribution in [0.3, 0.4) is 0 Å². The van der Waals surface area contributed by atoms with Crippen molar-refractivity contribution in [3.63, 3.8) is 0 Å². The summed E-state index contributed by atoms with van der Waals surface area (Å²) in [4.78, 5) is 24.1. The Balaban J connectivity index is 0.00000208. The van der Waals surface area contributed by atoms with Crippen molar-refractivity contribution < 1.29 is 14.3 Å². The number of nitrogens with one attached hydrogen (secondary N) is 3. The fraction of sp³-hybridized carbons (Fsp3) is 0.529. The maximum absolute atomic E-state index is 12.1. The van der Waals surface area contributed by atoms with Crippen LogP contribution in [0, 0.1) is 5.92 Å². The number of hydrogen-bond donors (Lipinski definition) is 3. The highest BCUT2D eigenvalue weighted by atomic mass is 35.5. The van der Waals surface area contributed by atoms with Crippen LogP contribution < -0.4 is 16.0 Å². The van der Waals surface area contributed by atoms with Gasteiger partial charge < -0.3 is 20.7 Å². The van der Waals surface area contributed by atoms with Gasteiger partial charge in [0.15, 0.2) is 0 Å². The second-order valence-corrected chi connectivity index (χ2v) is 6.10. The maximum Gasteiger partial charge on any atom is 0.253 e. The number of halogens is 1. The molecule has 0 spiro atoms. The minimum atomic E-state index is -0.340. The van der Waals surface area contributed by atoms with E-state index in [0.717, 1.165) is 43.6 Å². The van der Waals surface area contributed by atoms with Gasteiger partial charge in [0.05, 0.1) is 5.92 Å². The number of ether oxygens (including phenoxy) is 1. The van der Waals surface area contributed by atoms with Crippen LogP contribution in [0.15, 0.2) is 24.3 Å². The average molecular weight is 354 g/mol. The second kappa shape index (κ2) is 9.01. The standard InChI is InChI=1S/C17H23N3O3.ClH/c21-16(13-6-7-18-11-13)19-10-12-3-1-4-14(9-12)20-17(22)15-5-2-8-23-15;/h1,3-4,9,13,15,18H,2,5-8,10-11H2,(H,19,21)(H,20,22);1H. The quantitative estimate of drug-likeness (QED) is 0.748. The zero-order valence-electron chi connectivity index (χ0n) is 13.5. The molecule has 3 rings (SSSR count). The van der Waals surface area contributed by atoms with Crippen molar-refractivity contribution in [3.8, 4) is 0 Å². The van der Waals surface area contributed by atoms with Crippen molar-refractivity contribution in [3.05, 3.63) is 29.8 Å². The van der Waals surface area contributed by atoms with Crippen LogP contribution in [0.1, 0.15) is 24.8 Å². The van der Waals surface area contributed by atoms with Crippen LogP contribution in [0.5, 0.6) is 0 Å². The normalized spacial score (nSPS) is 22.7. The Bertz CT molecular complexity index is 570. The number of hydrogen-bond acceptors (Lipinski definition) is 4. The fourth-order valence-electron chi connectivity index (χ4n) is 2.98. The predicted octanol–water partition coefficient (Wildman–Crippen LogP) is 1.45. The van der Waals surface area contributed by atoms with Crippen LogP contribution in [-0.2, 0) is 20.9 Å². The number of amides is 2. The monoisotopic (exact) mass is 353 g/mol. The van der Waals surface area contributed by atoms with Crippen molar-refractivity contribution in [2.75, 3.05) is 25.0 Å². The van der Waals surface area contributed by atoms with Gasteiger partial charge in [-0.25, -0.2) is 0 Å². The minimum Gasteiger partial charge on any atom is -0.368 e. The van der Waals surface area contributed by atoms with Gasteiger partial charge in [-0.2, -0.15) is 0 Å². The van der Waals surface area contributed by atoms with Crippen molar-refractivity contribution >= 4 is 29.9 Å². The summed E-state index contributed by atoms with van der Waals surface area (Å²) in [6, 6.07) is 7.55. The lowest BCUT2D eigenvalue weighted by Crippen LogP contribution is -2.31. The lowest BCUT2D eigenvalue weighted by atomic mass is 10.1. The summed E-state index contributed by atoms with van der Waals surface area (Å²) in [5, 5.41) is 9.03. The molecule has 0 saturated carbocycles. The molecule has 3 N–H and O–H groups in total. The molecule has 0 bridgehead atoms. The molecule has 7 heteroatoms. The first-order valence-corrected chi connectivity index (χ1v) is 8.22. The molecule has 0 radical (unpaired) electrons. The third-order valence-electron chi connectivity index (χ3n) is 4.31. The molecule has 1 aromatic carbocycles. The van der Waals surface area contributed by atoms with Crippen molar-refractivity contribution in [2.45, 2.75) is 31.9 Å². The van der Waals surface area contributed by atoms with Gasteiger partial charge in [0, 0.05) is 25.4 Å². The molecule has 2 unspecified atom stereocenters. The lowest BCUT2D eigenvalue weighted by Gasteiger charge is -2.13. The minimum absolute atomic E-state index is 0. The molecule has 2 fully saturated rings. The van der Waals surface area contributed by atoms with Gasteiger partial charge in [0.25, 0.3) is 5.91 Å². The van der Waals surface area contributed by atoms with E-state index < -0.39 is 0 Å². The first-order valence-electron chi connectivity index (χ1n) is 8.22. The van der Waals surface area contributed by atoms with Gasteiger partial charge >= 0.3 is 0 Å². The van der Waals surface area contributed by atoms with Crippen LogP contribution >= 0.6 is 12.4 Å². The van der Waals surface area contributed by atoms with E-state index in [1.165, 1.54) is 0 Å². The molecule has 2 aliphatic rings. The topological polar surface area (TPSA) is 79.5 Å². The number of carbonyl (C=O) groups excluding carboxylic acids is 2. The Morgan fingerprint density at radius 1 is 1.25 bits per heavy atom. The first-order chi connectivity index (χ1) is 11.2. The summed E-state index contributed by atoms with van der Waals surface area (Å²) in [5.41, 5.74) is 1.70.